The van der Waals surface area contributed by atoms with Crippen molar-refractivity contribution in [2.24, 2.45) is 0 Å². The Morgan fingerprint density at radius 3 is 2.52 bits per heavy atom. The number of hydrogen-bond donors (Lipinski definition) is 2. The van der Waals surface area contributed by atoms with Crippen LogP contribution in [0.3, 0.4) is 0 Å². The second-order valence-electron chi connectivity index (χ2n) is 5.15. The summed E-state index contributed by atoms with van der Waals surface area (Å²) in [7, 11) is 0. The molecule has 0 aliphatic carbocycles. The summed E-state index contributed by atoms with van der Waals surface area (Å²) in [4.78, 5) is 23.8. The molecule has 5 nitrogen and oxygen atoms in total. The van der Waals surface area contributed by atoms with Gasteiger partial charge in [-0.2, -0.15) is 0 Å². The minimum atomic E-state index is -0.404. The van der Waals surface area contributed by atoms with E-state index in [1.807, 2.05) is 6.92 Å². The molecule has 25 heavy (non-hydrogen) atoms. The highest BCUT2D eigenvalue weighted by atomic mass is 79.9. The third kappa shape index (κ3) is 5.86. The number of amides is 2. The highest BCUT2D eigenvalue weighted by Gasteiger charge is 2.09. The van der Waals surface area contributed by atoms with Crippen LogP contribution in [0.4, 0.5) is 4.39 Å². The average Bonchev–Trinajstić information content (AvgIpc) is 2.61. The molecule has 2 aromatic rings. The zero-order chi connectivity index (χ0) is 18.2. The molecule has 0 aliphatic rings. The molecule has 0 heterocycles. The zero-order valence-corrected chi connectivity index (χ0v) is 15.2. The van der Waals surface area contributed by atoms with Crippen molar-refractivity contribution in [3.05, 3.63) is 63.9 Å². The topological polar surface area (TPSA) is 67.4 Å². The van der Waals surface area contributed by atoms with Crippen molar-refractivity contribution >= 4 is 27.7 Å². The van der Waals surface area contributed by atoms with Gasteiger partial charge in [-0.05, 0) is 49.4 Å². The number of benzene rings is 2. The van der Waals surface area contributed by atoms with Crippen molar-refractivity contribution < 1.29 is 18.7 Å². The van der Waals surface area contributed by atoms with Crippen LogP contribution in [0, 0.1) is 5.82 Å². The van der Waals surface area contributed by atoms with Crippen molar-refractivity contribution in [2.45, 2.75) is 13.5 Å². The standard InChI is InChI=1S/C18H18BrFN2O3/c1-2-25-15-6-3-12(4-7-15)18(24)22-11-17(23)21-10-13-9-14(19)5-8-16(13)20/h3-9H,2,10-11H2,1H3,(H,21,23)(H,22,24). The van der Waals surface area contributed by atoms with Gasteiger partial charge in [0.2, 0.25) is 5.91 Å². The smallest absolute Gasteiger partial charge is 0.251 e. The van der Waals surface area contributed by atoms with Crippen LogP contribution in [0.1, 0.15) is 22.8 Å². The van der Waals surface area contributed by atoms with E-state index in [9.17, 15) is 14.0 Å². The van der Waals surface area contributed by atoms with Crippen LogP contribution in [0.25, 0.3) is 0 Å². The van der Waals surface area contributed by atoms with Crippen molar-refractivity contribution in [2.75, 3.05) is 13.2 Å². The van der Waals surface area contributed by atoms with Gasteiger partial charge in [-0.15, -0.1) is 0 Å². The Labute approximate surface area is 153 Å². The van der Waals surface area contributed by atoms with Gasteiger partial charge < -0.3 is 15.4 Å². The summed E-state index contributed by atoms with van der Waals surface area (Å²) in [6.07, 6.45) is 0. The van der Waals surface area contributed by atoms with Gasteiger partial charge in [0.1, 0.15) is 11.6 Å². The first-order valence-electron chi connectivity index (χ1n) is 7.71. The average molecular weight is 409 g/mol. The lowest BCUT2D eigenvalue weighted by molar-refractivity contribution is -0.120. The van der Waals surface area contributed by atoms with E-state index in [0.29, 0.717) is 23.5 Å². The van der Waals surface area contributed by atoms with E-state index < -0.39 is 11.7 Å². The summed E-state index contributed by atoms with van der Waals surface area (Å²) in [6.45, 7) is 2.27. The Hall–Kier alpha value is -2.41. The van der Waals surface area contributed by atoms with Crippen LogP contribution in [0.2, 0.25) is 0 Å². The zero-order valence-electron chi connectivity index (χ0n) is 13.6. The number of carbonyl (C=O) groups excluding carboxylic acids is 2. The fourth-order valence-corrected chi connectivity index (χ4v) is 2.48. The van der Waals surface area contributed by atoms with E-state index in [-0.39, 0.29) is 19.0 Å². The third-order valence-corrected chi connectivity index (χ3v) is 3.81. The van der Waals surface area contributed by atoms with Gasteiger partial charge in [0, 0.05) is 22.1 Å². The predicted octanol–water partition coefficient (Wildman–Crippen LogP) is 3.03. The summed E-state index contributed by atoms with van der Waals surface area (Å²) >= 11 is 3.25. The van der Waals surface area contributed by atoms with E-state index in [1.165, 1.54) is 6.07 Å². The molecule has 0 unspecified atom stereocenters. The fourth-order valence-electron chi connectivity index (χ4n) is 2.07. The lowest BCUT2D eigenvalue weighted by Crippen LogP contribution is -2.36. The molecule has 0 spiro atoms. The number of nitrogens with one attached hydrogen (secondary N) is 2. The maximum absolute atomic E-state index is 13.6. The second-order valence-corrected chi connectivity index (χ2v) is 6.07. The molecule has 0 atom stereocenters. The third-order valence-electron chi connectivity index (χ3n) is 3.32. The van der Waals surface area contributed by atoms with Gasteiger partial charge in [0.15, 0.2) is 0 Å². The number of halogens is 2. The Morgan fingerprint density at radius 1 is 1.12 bits per heavy atom. The Balaban J connectivity index is 1.81. The van der Waals surface area contributed by atoms with Gasteiger partial charge in [0.25, 0.3) is 5.91 Å². The van der Waals surface area contributed by atoms with Gasteiger partial charge in [0.05, 0.1) is 13.2 Å². The second kappa shape index (κ2) is 9.17. The molecular formula is C18H18BrFN2O3. The highest BCUT2D eigenvalue weighted by Crippen LogP contribution is 2.15. The molecule has 0 fully saturated rings. The molecule has 0 saturated carbocycles. The van der Waals surface area contributed by atoms with Crippen LogP contribution in [0.5, 0.6) is 5.75 Å². The molecule has 2 amide bonds. The van der Waals surface area contributed by atoms with Gasteiger partial charge in [-0.1, -0.05) is 15.9 Å². The summed E-state index contributed by atoms with van der Waals surface area (Å²) in [6, 6.07) is 11.1. The van der Waals surface area contributed by atoms with Crippen LogP contribution < -0.4 is 15.4 Å². The van der Waals surface area contributed by atoms with E-state index in [1.54, 1.807) is 36.4 Å². The highest BCUT2D eigenvalue weighted by molar-refractivity contribution is 9.10. The van der Waals surface area contributed by atoms with Crippen molar-refractivity contribution in [3.63, 3.8) is 0 Å². The van der Waals surface area contributed by atoms with E-state index in [4.69, 9.17) is 4.74 Å². The lowest BCUT2D eigenvalue weighted by Gasteiger charge is -2.09. The first-order chi connectivity index (χ1) is 12.0. The quantitative estimate of drug-likeness (QED) is 0.739. The van der Waals surface area contributed by atoms with Crippen molar-refractivity contribution in [3.8, 4) is 5.75 Å². The van der Waals surface area contributed by atoms with Gasteiger partial charge in [-0.25, -0.2) is 4.39 Å². The molecule has 2 rings (SSSR count). The number of hydrogen-bond acceptors (Lipinski definition) is 3. The first-order valence-corrected chi connectivity index (χ1v) is 8.50. The van der Waals surface area contributed by atoms with Crippen LogP contribution in [-0.4, -0.2) is 25.0 Å². The lowest BCUT2D eigenvalue weighted by atomic mass is 10.2. The molecule has 2 aromatic carbocycles. The van der Waals surface area contributed by atoms with E-state index in [0.717, 1.165) is 4.47 Å². The number of carbonyl (C=O) groups is 2. The summed E-state index contributed by atoms with van der Waals surface area (Å²) in [5.41, 5.74) is 0.787. The molecule has 7 heteroatoms. The van der Waals surface area contributed by atoms with Crippen molar-refractivity contribution in [1.29, 1.82) is 0 Å². The van der Waals surface area contributed by atoms with Crippen LogP contribution in [0.15, 0.2) is 46.9 Å². The van der Waals surface area contributed by atoms with Gasteiger partial charge in [-0.3, -0.25) is 9.59 Å². The minimum Gasteiger partial charge on any atom is -0.494 e. The monoisotopic (exact) mass is 408 g/mol. The molecular weight excluding hydrogens is 391 g/mol. The molecule has 0 bridgehead atoms. The molecule has 2 N–H and O–H groups in total. The summed E-state index contributed by atoms with van der Waals surface area (Å²) in [5, 5.41) is 5.08. The first kappa shape index (κ1) is 18.9. The number of rotatable bonds is 7. The molecule has 0 radical (unpaired) electrons. The molecule has 0 aromatic heterocycles. The number of ether oxygens (including phenoxy) is 1. The summed E-state index contributed by atoms with van der Waals surface area (Å²) in [5.74, 6) is -0.500. The maximum Gasteiger partial charge on any atom is 0.251 e. The van der Waals surface area contributed by atoms with Crippen LogP contribution >= 0.6 is 15.9 Å². The fraction of sp³-hybridized carbons (Fsp3) is 0.222. The minimum absolute atomic E-state index is 0.0447. The molecule has 132 valence electrons. The SMILES string of the molecule is CCOc1ccc(C(=O)NCC(=O)NCc2cc(Br)ccc2F)cc1. The van der Waals surface area contributed by atoms with Gasteiger partial charge >= 0.3 is 0 Å². The Morgan fingerprint density at radius 2 is 1.84 bits per heavy atom. The maximum atomic E-state index is 13.6. The molecule has 0 aliphatic heterocycles. The Kier molecular flexibility index (Phi) is 6.94. The molecule has 0 saturated heterocycles. The van der Waals surface area contributed by atoms with E-state index in [2.05, 4.69) is 26.6 Å². The van der Waals surface area contributed by atoms with Crippen LogP contribution in [-0.2, 0) is 11.3 Å². The largest absolute Gasteiger partial charge is 0.494 e. The van der Waals surface area contributed by atoms with E-state index >= 15 is 0 Å². The summed E-state index contributed by atoms with van der Waals surface area (Å²) < 4.78 is 19.6. The normalized spacial score (nSPS) is 10.2. The van der Waals surface area contributed by atoms with Crippen molar-refractivity contribution in [1.82, 2.24) is 10.6 Å². The Bertz CT molecular complexity index is 750. The predicted molar refractivity (Wildman–Crippen MR) is 95.9 cm³/mol.